The van der Waals surface area contributed by atoms with Crippen LogP contribution >= 0.6 is 11.6 Å². The highest BCUT2D eigenvalue weighted by molar-refractivity contribution is 7.90. The quantitative estimate of drug-likeness (QED) is 0.517. The molecule has 0 radical (unpaired) electrons. The van der Waals surface area contributed by atoms with E-state index in [9.17, 15) is 13.2 Å². The van der Waals surface area contributed by atoms with Gasteiger partial charge in [0.25, 0.3) is 0 Å². The summed E-state index contributed by atoms with van der Waals surface area (Å²) in [7, 11) is -3.60. The molecule has 156 valence electrons. The van der Waals surface area contributed by atoms with E-state index in [1.807, 2.05) is 32.0 Å². The maximum Gasteiger partial charge on any atom is 0.323 e. The van der Waals surface area contributed by atoms with E-state index >= 15 is 0 Å². The zero-order valence-electron chi connectivity index (χ0n) is 17.0. The molecule has 3 rings (SSSR count). The number of anilines is 2. The number of urea groups is 1. The Morgan fingerprint density at radius 2 is 1.50 bits per heavy atom. The van der Waals surface area contributed by atoms with Gasteiger partial charge in [-0.05, 0) is 67.3 Å². The minimum atomic E-state index is -3.60. The van der Waals surface area contributed by atoms with Gasteiger partial charge in [-0.15, -0.1) is 0 Å². The third-order valence-electron chi connectivity index (χ3n) is 4.77. The lowest BCUT2D eigenvalue weighted by Gasteiger charge is -2.14. The van der Waals surface area contributed by atoms with E-state index in [2.05, 4.69) is 10.6 Å². The van der Waals surface area contributed by atoms with Crippen molar-refractivity contribution in [3.8, 4) is 0 Å². The molecule has 30 heavy (non-hydrogen) atoms. The van der Waals surface area contributed by atoms with E-state index < -0.39 is 15.9 Å². The first-order chi connectivity index (χ1) is 14.2. The van der Waals surface area contributed by atoms with Gasteiger partial charge < -0.3 is 10.6 Å². The molecule has 5 nitrogen and oxygen atoms in total. The van der Waals surface area contributed by atoms with Gasteiger partial charge in [-0.1, -0.05) is 48.0 Å². The Bertz CT molecular complexity index is 1170. The van der Waals surface area contributed by atoms with Crippen molar-refractivity contribution in [3.63, 3.8) is 0 Å². The third kappa shape index (κ3) is 5.20. The Morgan fingerprint density at radius 3 is 2.13 bits per heavy atom. The Balaban J connectivity index is 1.80. The van der Waals surface area contributed by atoms with Crippen LogP contribution in [0.25, 0.3) is 0 Å². The molecule has 0 aliphatic carbocycles. The maximum absolute atomic E-state index is 13.0. The van der Waals surface area contributed by atoms with Gasteiger partial charge in [0.2, 0.25) is 0 Å². The fourth-order valence-corrected chi connectivity index (χ4v) is 4.96. The lowest BCUT2D eigenvalue weighted by molar-refractivity contribution is 0.262. The second kappa shape index (κ2) is 8.90. The summed E-state index contributed by atoms with van der Waals surface area (Å²) in [5.74, 6) is -0.150. The third-order valence-corrected chi connectivity index (χ3v) is 6.85. The highest BCUT2D eigenvalue weighted by Crippen LogP contribution is 2.25. The molecule has 7 heteroatoms. The average Bonchev–Trinajstić information content (AvgIpc) is 2.68. The van der Waals surface area contributed by atoms with Crippen molar-refractivity contribution < 1.29 is 13.2 Å². The number of carbonyl (C=O) groups is 1. The molecule has 0 unspecified atom stereocenters. The Labute approximate surface area is 182 Å². The highest BCUT2D eigenvalue weighted by Gasteiger charge is 2.19. The van der Waals surface area contributed by atoms with E-state index in [-0.39, 0.29) is 10.6 Å². The van der Waals surface area contributed by atoms with Crippen LogP contribution in [0, 0.1) is 20.8 Å². The molecule has 0 aliphatic rings. The van der Waals surface area contributed by atoms with Crippen molar-refractivity contribution >= 4 is 38.8 Å². The van der Waals surface area contributed by atoms with E-state index in [0.717, 1.165) is 16.8 Å². The molecule has 2 N–H and O–H groups in total. The van der Waals surface area contributed by atoms with Gasteiger partial charge >= 0.3 is 6.03 Å². The fourth-order valence-electron chi connectivity index (χ4n) is 3.18. The first kappa shape index (κ1) is 21.9. The number of sulfone groups is 1. The topological polar surface area (TPSA) is 75.3 Å². The number of rotatable bonds is 5. The summed E-state index contributed by atoms with van der Waals surface area (Å²) in [6.45, 7) is 5.56. The normalized spacial score (nSPS) is 11.2. The Morgan fingerprint density at radius 1 is 0.867 bits per heavy atom. The first-order valence-electron chi connectivity index (χ1n) is 9.38. The molecular weight excluding hydrogens is 420 g/mol. The van der Waals surface area contributed by atoms with Crippen LogP contribution in [0.5, 0.6) is 0 Å². The predicted octanol–water partition coefficient (Wildman–Crippen LogP) is 5.88. The molecule has 0 atom stereocenters. The second-order valence-corrected chi connectivity index (χ2v) is 9.61. The summed E-state index contributed by atoms with van der Waals surface area (Å²) >= 11 is 5.88. The standard InChI is InChI=1S/C23H23ClN2O3S/c1-15-7-12-20(25-23(27)26-22-16(2)5-4-6-17(22)3)13-21(15)30(28,29)14-18-8-10-19(24)11-9-18/h4-13H,14H2,1-3H3,(H2,25,26,27). The number of nitrogens with one attached hydrogen (secondary N) is 2. The number of hydrogen-bond donors (Lipinski definition) is 2. The number of para-hydroxylation sites is 1. The van der Waals surface area contributed by atoms with Crippen molar-refractivity contribution in [3.05, 3.63) is 87.9 Å². The zero-order chi connectivity index (χ0) is 21.9. The van der Waals surface area contributed by atoms with Crippen LogP contribution in [-0.2, 0) is 15.6 Å². The van der Waals surface area contributed by atoms with Crippen LogP contribution in [0.15, 0.2) is 65.6 Å². The van der Waals surface area contributed by atoms with Crippen LogP contribution in [0.1, 0.15) is 22.3 Å². The van der Waals surface area contributed by atoms with E-state index in [1.54, 1.807) is 43.3 Å². The molecule has 2 amide bonds. The van der Waals surface area contributed by atoms with Gasteiger partial charge in [0.05, 0.1) is 10.6 Å². The average molecular weight is 443 g/mol. The van der Waals surface area contributed by atoms with Gasteiger partial charge in [-0.2, -0.15) is 0 Å². The van der Waals surface area contributed by atoms with Crippen LogP contribution < -0.4 is 10.6 Å². The number of hydrogen-bond acceptors (Lipinski definition) is 3. The van der Waals surface area contributed by atoms with Crippen molar-refractivity contribution in [2.24, 2.45) is 0 Å². The van der Waals surface area contributed by atoms with Crippen LogP contribution in [-0.4, -0.2) is 14.4 Å². The van der Waals surface area contributed by atoms with Crippen LogP contribution in [0.3, 0.4) is 0 Å². The molecule has 0 saturated carbocycles. The Kier molecular flexibility index (Phi) is 6.48. The van der Waals surface area contributed by atoms with Gasteiger partial charge in [0.15, 0.2) is 9.84 Å². The van der Waals surface area contributed by atoms with Crippen molar-refractivity contribution in [2.45, 2.75) is 31.4 Å². The van der Waals surface area contributed by atoms with E-state index in [1.165, 1.54) is 6.07 Å². The molecule has 3 aromatic carbocycles. The summed E-state index contributed by atoms with van der Waals surface area (Å²) in [5.41, 5.74) is 4.28. The lowest BCUT2D eigenvalue weighted by atomic mass is 10.1. The molecule has 0 bridgehead atoms. The molecular formula is C23H23ClN2O3S. The number of halogens is 1. The minimum Gasteiger partial charge on any atom is -0.308 e. The summed E-state index contributed by atoms with van der Waals surface area (Å²) in [6, 6.07) is 16.9. The predicted molar refractivity (Wildman–Crippen MR) is 122 cm³/mol. The molecule has 0 aliphatic heterocycles. The molecule has 0 heterocycles. The fraction of sp³-hybridized carbons (Fsp3) is 0.174. The summed E-state index contributed by atoms with van der Waals surface area (Å²) in [6.07, 6.45) is 0. The second-order valence-electron chi connectivity index (χ2n) is 7.21. The smallest absolute Gasteiger partial charge is 0.308 e. The number of amides is 2. The SMILES string of the molecule is Cc1ccc(NC(=O)Nc2c(C)cccc2C)cc1S(=O)(=O)Cc1ccc(Cl)cc1. The van der Waals surface area contributed by atoms with Gasteiger partial charge in [0.1, 0.15) is 0 Å². The molecule has 0 saturated heterocycles. The number of benzene rings is 3. The number of aryl methyl sites for hydroxylation is 3. The number of carbonyl (C=O) groups excluding carboxylic acids is 1. The summed E-state index contributed by atoms with van der Waals surface area (Å²) < 4.78 is 25.9. The summed E-state index contributed by atoms with van der Waals surface area (Å²) in [5, 5.41) is 6.11. The molecule has 0 fully saturated rings. The summed E-state index contributed by atoms with van der Waals surface area (Å²) in [4.78, 5) is 12.7. The molecule has 0 aromatic heterocycles. The van der Waals surface area contributed by atoms with E-state index in [0.29, 0.717) is 21.8 Å². The van der Waals surface area contributed by atoms with Gasteiger partial charge in [-0.3, -0.25) is 0 Å². The zero-order valence-corrected chi connectivity index (χ0v) is 18.6. The molecule has 3 aromatic rings. The van der Waals surface area contributed by atoms with Crippen molar-refractivity contribution in [1.29, 1.82) is 0 Å². The monoisotopic (exact) mass is 442 g/mol. The van der Waals surface area contributed by atoms with Crippen LogP contribution in [0.2, 0.25) is 5.02 Å². The van der Waals surface area contributed by atoms with Crippen molar-refractivity contribution in [1.82, 2.24) is 0 Å². The first-order valence-corrected chi connectivity index (χ1v) is 11.4. The molecule has 0 spiro atoms. The van der Waals surface area contributed by atoms with Crippen molar-refractivity contribution in [2.75, 3.05) is 10.6 Å². The van der Waals surface area contributed by atoms with Gasteiger partial charge in [0, 0.05) is 16.4 Å². The van der Waals surface area contributed by atoms with Crippen LogP contribution in [0.4, 0.5) is 16.2 Å². The highest BCUT2D eigenvalue weighted by atomic mass is 35.5. The Hall–Kier alpha value is -2.83. The largest absolute Gasteiger partial charge is 0.323 e. The minimum absolute atomic E-state index is 0.150. The van der Waals surface area contributed by atoms with E-state index in [4.69, 9.17) is 11.6 Å². The lowest BCUT2D eigenvalue weighted by Crippen LogP contribution is -2.21. The van der Waals surface area contributed by atoms with Gasteiger partial charge in [-0.25, -0.2) is 13.2 Å². The maximum atomic E-state index is 13.0.